The molecule has 3 aromatic carbocycles. The van der Waals surface area contributed by atoms with Gasteiger partial charge in [-0.3, -0.25) is 14.7 Å². The summed E-state index contributed by atoms with van der Waals surface area (Å²) in [5, 5.41) is 13.7. The van der Waals surface area contributed by atoms with Gasteiger partial charge in [0.05, 0.1) is 16.3 Å². The predicted octanol–water partition coefficient (Wildman–Crippen LogP) is 4.55. The van der Waals surface area contributed by atoms with E-state index >= 15 is 0 Å². The third-order valence-electron chi connectivity index (χ3n) is 4.36. The quantitative estimate of drug-likeness (QED) is 0.267. The molecule has 0 saturated carbocycles. The lowest BCUT2D eigenvalue weighted by atomic mass is 10.2. The van der Waals surface area contributed by atoms with E-state index in [1.165, 1.54) is 32.8 Å². The Morgan fingerprint density at radius 2 is 1.53 bits per heavy atom. The van der Waals surface area contributed by atoms with Crippen LogP contribution < -0.4 is 14.9 Å². The van der Waals surface area contributed by atoms with Crippen LogP contribution in [0.3, 0.4) is 0 Å². The number of urea groups is 1. The standard InChI is InChI=1S/C22H17N5O3S2/c28-20(23-15-16-7-3-1-4-8-16)25-22-26(18-9-5-2-6-10-18)21(31-32-22)24-17-11-13-19(14-12-17)27(29)30/h1-14H,15H2,(H,23,28)/b24-21?,25-22-. The maximum atomic E-state index is 12.5. The minimum absolute atomic E-state index is 0.000320. The average molecular weight is 464 g/mol. The first-order valence-corrected chi connectivity index (χ1v) is 11.7. The molecule has 0 aliphatic heterocycles. The van der Waals surface area contributed by atoms with Gasteiger partial charge in [0, 0.05) is 18.7 Å². The number of hydrogen-bond donors (Lipinski definition) is 1. The molecule has 160 valence electrons. The lowest BCUT2D eigenvalue weighted by Crippen LogP contribution is -2.28. The fourth-order valence-corrected chi connectivity index (χ4v) is 4.95. The summed E-state index contributed by atoms with van der Waals surface area (Å²) in [5.41, 5.74) is 2.35. The van der Waals surface area contributed by atoms with E-state index in [2.05, 4.69) is 15.3 Å². The summed E-state index contributed by atoms with van der Waals surface area (Å²) in [7, 11) is 2.69. The zero-order chi connectivity index (χ0) is 22.3. The number of rotatable bonds is 5. The monoisotopic (exact) mass is 463 g/mol. The molecule has 0 bridgehead atoms. The summed E-state index contributed by atoms with van der Waals surface area (Å²) in [6, 6.07) is 24.6. The van der Waals surface area contributed by atoms with Gasteiger partial charge in [-0.25, -0.2) is 9.79 Å². The molecule has 1 aromatic heterocycles. The van der Waals surface area contributed by atoms with E-state index in [-0.39, 0.29) is 5.69 Å². The highest BCUT2D eigenvalue weighted by Crippen LogP contribution is 2.18. The summed E-state index contributed by atoms with van der Waals surface area (Å²) in [5.74, 6) is 0. The number of nitro benzene ring substituents is 1. The van der Waals surface area contributed by atoms with Gasteiger partial charge in [-0.1, -0.05) is 48.5 Å². The van der Waals surface area contributed by atoms with Gasteiger partial charge in [0.15, 0.2) is 0 Å². The fourth-order valence-electron chi connectivity index (χ4n) is 2.83. The maximum Gasteiger partial charge on any atom is 0.343 e. The fraction of sp³-hybridized carbons (Fsp3) is 0.0455. The van der Waals surface area contributed by atoms with Crippen molar-refractivity contribution in [1.82, 2.24) is 9.88 Å². The highest BCUT2D eigenvalue weighted by Gasteiger charge is 2.08. The number of nitrogens with zero attached hydrogens (tertiary/aromatic N) is 4. The van der Waals surface area contributed by atoms with E-state index in [0.29, 0.717) is 21.8 Å². The molecule has 10 heteroatoms. The van der Waals surface area contributed by atoms with Crippen LogP contribution in [0.25, 0.3) is 5.69 Å². The molecule has 1 heterocycles. The highest BCUT2D eigenvalue weighted by atomic mass is 32.9. The molecule has 32 heavy (non-hydrogen) atoms. The molecule has 8 nitrogen and oxygen atoms in total. The molecule has 0 aliphatic rings. The van der Waals surface area contributed by atoms with Crippen LogP contribution in [0.4, 0.5) is 16.2 Å². The van der Waals surface area contributed by atoms with Crippen molar-refractivity contribution in [3.8, 4) is 5.69 Å². The number of nitro groups is 1. The van der Waals surface area contributed by atoms with Gasteiger partial charge in [-0.2, -0.15) is 4.99 Å². The number of carbonyl (C=O) groups is 1. The van der Waals surface area contributed by atoms with Crippen LogP contribution in [0.1, 0.15) is 5.56 Å². The van der Waals surface area contributed by atoms with Gasteiger partial charge in [-0.05, 0) is 50.5 Å². The molecule has 0 spiro atoms. The summed E-state index contributed by atoms with van der Waals surface area (Å²) in [6.45, 7) is 0.378. The Balaban J connectivity index is 1.70. The Bertz CT molecular complexity index is 1360. The first-order chi connectivity index (χ1) is 15.6. The van der Waals surface area contributed by atoms with Gasteiger partial charge < -0.3 is 5.32 Å². The molecule has 4 aromatic rings. The van der Waals surface area contributed by atoms with Crippen molar-refractivity contribution >= 4 is 38.1 Å². The molecule has 0 radical (unpaired) electrons. The number of carbonyl (C=O) groups excluding carboxylic acids is 1. The van der Waals surface area contributed by atoms with Gasteiger partial charge in [0.1, 0.15) is 0 Å². The largest absolute Gasteiger partial charge is 0.343 e. The van der Waals surface area contributed by atoms with Crippen LogP contribution in [0.15, 0.2) is 94.9 Å². The molecule has 2 amide bonds. The molecule has 0 saturated heterocycles. The minimum Gasteiger partial charge on any atom is -0.332 e. The lowest BCUT2D eigenvalue weighted by Gasteiger charge is -2.03. The van der Waals surface area contributed by atoms with E-state index in [0.717, 1.165) is 11.3 Å². The van der Waals surface area contributed by atoms with Crippen molar-refractivity contribution < 1.29 is 9.72 Å². The number of nitrogens with one attached hydrogen (secondary N) is 1. The van der Waals surface area contributed by atoms with Crippen LogP contribution in [0.2, 0.25) is 0 Å². The van der Waals surface area contributed by atoms with Crippen molar-refractivity contribution in [2.45, 2.75) is 6.54 Å². The molecule has 0 fully saturated rings. The van der Waals surface area contributed by atoms with Gasteiger partial charge in [-0.15, -0.1) is 0 Å². The number of benzene rings is 3. The number of aromatic nitrogens is 1. The van der Waals surface area contributed by atoms with Crippen molar-refractivity contribution in [3.63, 3.8) is 0 Å². The Labute approximate surface area is 190 Å². The SMILES string of the molecule is O=C(/N=c1\ssc(=Nc2ccc([N+](=O)[O-])cc2)n1-c1ccccc1)NCc1ccccc1. The Hall–Kier alpha value is -3.89. The van der Waals surface area contributed by atoms with Gasteiger partial charge >= 0.3 is 6.03 Å². The number of hydrogen-bond acceptors (Lipinski definition) is 6. The maximum absolute atomic E-state index is 12.5. The van der Waals surface area contributed by atoms with E-state index in [4.69, 9.17) is 0 Å². The van der Waals surface area contributed by atoms with Crippen LogP contribution in [-0.4, -0.2) is 15.5 Å². The molecule has 0 atom stereocenters. The second-order valence-electron chi connectivity index (χ2n) is 6.54. The Kier molecular flexibility index (Phi) is 6.63. The number of para-hydroxylation sites is 1. The molecular weight excluding hydrogens is 446 g/mol. The zero-order valence-electron chi connectivity index (χ0n) is 16.6. The number of amides is 2. The first kappa shape index (κ1) is 21.3. The zero-order valence-corrected chi connectivity index (χ0v) is 18.3. The van der Waals surface area contributed by atoms with Gasteiger partial charge in [0.25, 0.3) is 5.69 Å². The van der Waals surface area contributed by atoms with Crippen LogP contribution in [-0.2, 0) is 6.54 Å². The third-order valence-corrected chi connectivity index (χ3v) is 6.43. The van der Waals surface area contributed by atoms with Crippen molar-refractivity contribution in [2.75, 3.05) is 0 Å². The van der Waals surface area contributed by atoms with Crippen molar-refractivity contribution in [1.29, 1.82) is 0 Å². The molecule has 4 rings (SSSR count). The molecule has 0 aliphatic carbocycles. The van der Waals surface area contributed by atoms with Crippen LogP contribution in [0, 0.1) is 10.1 Å². The molecular formula is C22H17N5O3S2. The van der Waals surface area contributed by atoms with E-state index < -0.39 is 11.0 Å². The van der Waals surface area contributed by atoms with E-state index in [1.807, 2.05) is 60.7 Å². The second-order valence-corrected chi connectivity index (χ2v) is 8.61. The average Bonchev–Trinajstić information content (AvgIpc) is 3.21. The summed E-state index contributed by atoms with van der Waals surface area (Å²) >= 11 is 0. The number of non-ortho nitro benzene ring substituents is 1. The smallest absolute Gasteiger partial charge is 0.332 e. The van der Waals surface area contributed by atoms with E-state index in [9.17, 15) is 14.9 Å². The topological polar surface area (TPSA) is 102 Å². The molecule has 1 N–H and O–H groups in total. The highest BCUT2D eigenvalue weighted by molar-refractivity contribution is 7.67. The lowest BCUT2D eigenvalue weighted by molar-refractivity contribution is -0.384. The Morgan fingerprint density at radius 1 is 0.906 bits per heavy atom. The first-order valence-electron chi connectivity index (χ1n) is 9.53. The molecule has 0 unspecified atom stereocenters. The van der Waals surface area contributed by atoms with Gasteiger partial charge in [0.2, 0.25) is 9.60 Å². The van der Waals surface area contributed by atoms with E-state index in [1.54, 1.807) is 16.7 Å². The predicted molar refractivity (Wildman–Crippen MR) is 124 cm³/mol. The van der Waals surface area contributed by atoms with Crippen LogP contribution in [0.5, 0.6) is 0 Å². The van der Waals surface area contributed by atoms with Crippen LogP contribution >= 0.6 is 20.7 Å². The summed E-state index contributed by atoms with van der Waals surface area (Å²) < 4.78 is 1.79. The van der Waals surface area contributed by atoms with Crippen molar-refractivity contribution in [2.24, 2.45) is 9.98 Å². The summed E-state index contributed by atoms with van der Waals surface area (Å²) in [6.07, 6.45) is 0. The summed E-state index contributed by atoms with van der Waals surface area (Å²) in [4.78, 5) is 32.8. The third kappa shape index (κ3) is 5.23. The normalized spacial score (nSPS) is 12.0. The Morgan fingerprint density at radius 3 is 2.19 bits per heavy atom. The second kappa shape index (κ2) is 9.94. The minimum atomic E-state index is -0.452. The van der Waals surface area contributed by atoms with Crippen molar-refractivity contribution in [3.05, 3.63) is 110 Å².